The number of nitrogens with zero attached hydrogens (tertiary/aromatic N) is 2. The lowest BCUT2D eigenvalue weighted by atomic mass is 10.0. The molecule has 5 nitrogen and oxygen atoms in total. The fourth-order valence-electron chi connectivity index (χ4n) is 3.56. The molecule has 2 heterocycles. The third-order valence-corrected chi connectivity index (χ3v) is 4.84. The molecule has 2 aliphatic rings. The standard InChI is InChI=1S/C18H26FN3O2/c1-14-12-22(10-11-24-14)17-6-8-21(9-7-17)13-18(23)20-16-4-2-15(19)3-5-16/h2-5,14,17H,6-13H2,1H3,(H,20,23)/t14-/m1/s1. The Kier molecular flexibility index (Phi) is 5.81. The predicted molar refractivity (Wildman–Crippen MR) is 91.5 cm³/mol. The van der Waals surface area contributed by atoms with Gasteiger partial charge in [0.25, 0.3) is 0 Å². The van der Waals surface area contributed by atoms with Crippen LogP contribution in [-0.4, -0.2) is 67.2 Å². The van der Waals surface area contributed by atoms with Gasteiger partial charge in [-0.05, 0) is 44.0 Å². The molecule has 1 aromatic rings. The summed E-state index contributed by atoms with van der Waals surface area (Å²) in [5.41, 5.74) is 0.638. The third-order valence-electron chi connectivity index (χ3n) is 4.84. The van der Waals surface area contributed by atoms with Crippen LogP contribution >= 0.6 is 0 Å². The molecule has 1 N–H and O–H groups in total. The fraction of sp³-hybridized carbons (Fsp3) is 0.611. The van der Waals surface area contributed by atoms with Gasteiger partial charge in [0.1, 0.15) is 5.82 Å². The monoisotopic (exact) mass is 335 g/mol. The van der Waals surface area contributed by atoms with E-state index in [1.807, 2.05) is 0 Å². The first-order valence-electron chi connectivity index (χ1n) is 8.73. The molecule has 1 aromatic carbocycles. The van der Waals surface area contributed by atoms with E-state index in [0.717, 1.165) is 45.6 Å². The van der Waals surface area contributed by atoms with Gasteiger partial charge in [0, 0.05) is 37.9 Å². The summed E-state index contributed by atoms with van der Waals surface area (Å²) < 4.78 is 18.5. The topological polar surface area (TPSA) is 44.8 Å². The van der Waals surface area contributed by atoms with Crippen LogP contribution in [0.15, 0.2) is 24.3 Å². The Labute approximate surface area is 142 Å². The minimum absolute atomic E-state index is 0.0416. The Morgan fingerprint density at radius 3 is 2.62 bits per heavy atom. The van der Waals surface area contributed by atoms with E-state index in [2.05, 4.69) is 22.0 Å². The molecule has 24 heavy (non-hydrogen) atoms. The van der Waals surface area contributed by atoms with Gasteiger partial charge in [0.05, 0.1) is 19.3 Å². The van der Waals surface area contributed by atoms with Gasteiger partial charge in [0.15, 0.2) is 0 Å². The molecule has 3 rings (SSSR count). The second-order valence-corrected chi connectivity index (χ2v) is 6.74. The van der Waals surface area contributed by atoms with Gasteiger partial charge in [-0.15, -0.1) is 0 Å². The molecule has 6 heteroatoms. The van der Waals surface area contributed by atoms with Gasteiger partial charge in [-0.25, -0.2) is 4.39 Å². The lowest BCUT2D eigenvalue weighted by molar-refractivity contribution is -0.117. The SMILES string of the molecule is C[C@@H]1CN(C2CCN(CC(=O)Nc3ccc(F)cc3)CC2)CCO1. The number of ether oxygens (including phenoxy) is 1. The maximum absolute atomic E-state index is 12.9. The van der Waals surface area contributed by atoms with Crippen molar-refractivity contribution < 1.29 is 13.9 Å². The van der Waals surface area contributed by atoms with Crippen LogP contribution in [0.3, 0.4) is 0 Å². The van der Waals surface area contributed by atoms with E-state index in [9.17, 15) is 9.18 Å². The molecule has 0 aliphatic carbocycles. The van der Waals surface area contributed by atoms with Crippen LogP contribution in [0.4, 0.5) is 10.1 Å². The largest absolute Gasteiger partial charge is 0.376 e. The smallest absolute Gasteiger partial charge is 0.238 e. The molecule has 2 saturated heterocycles. The van der Waals surface area contributed by atoms with Crippen LogP contribution in [0.5, 0.6) is 0 Å². The third kappa shape index (κ3) is 4.75. The average Bonchev–Trinajstić information content (AvgIpc) is 2.58. The van der Waals surface area contributed by atoms with Crippen molar-refractivity contribution in [3.05, 3.63) is 30.1 Å². The number of rotatable bonds is 4. The van der Waals surface area contributed by atoms with E-state index in [4.69, 9.17) is 4.74 Å². The zero-order valence-electron chi connectivity index (χ0n) is 14.2. The Hall–Kier alpha value is -1.50. The number of hydrogen-bond donors (Lipinski definition) is 1. The van der Waals surface area contributed by atoms with Crippen molar-refractivity contribution in [2.45, 2.75) is 31.9 Å². The van der Waals surface area contributed by atoms with Crippen molar-refractivity contribution in [2.24, 2.45) is 0 Å². The number of carbonyl (C=O) groups excluding carboxylic acids is 1. The summed E-state index contributed by atoms with van der Waals surface area (Å²) in [5, 5.41) is 2.82. The Morgan fingerprint density at radius 2 is 1.96 bits per heavy atom. The van der Waals surface area contributed by atoms with E-state index in [1.165, 1.54) is 12.1 Å². The first-order valence-corrected chi connectivity index (χ1v) is 8.73. The van der Waals surface area contributed by atoms with E-state index in [1.54, 1.807) is 12.1 Å². The molecule has 2 aliphatic heterocycles. The van der Waals surface area contributed by atoms with Gasteiger partial charge in [-0.1, -0.05) is 0 Å². The highest BCUT2D eigenvalue weighted by Gasteiger charge is 2.28. The molecule has 0 unspecified atom stereocenters. The van der Waals surface area contributed by atoms with E-state index >= 15 is 0 Å². The van der Waals surface area contributed by atoms with Crippen LogP contribution in [-0.2, 0) is 9.53 Å². The Morgan fingerprint density at radius 1 is 1.25 bits per heavy atom. The van der Waals surface area contributed by atoms with E-state index in [-0.39, 0.29) is 11.7 Å². The molecule has 0 bridgehead atoms. The maximum atomic E-state index is 12.9. The normalized spacial score (nSPS) is 24.0. The fourth-order valence-corrected chi connectivity index (χ4v) is 3.56. The Bertz CT molecular complexity index is 544. The second-order valence-electron chi connectivity index (χ2n) is 6.74. The van der Waals surface area contributed by atoms with E-state index in [0.29, 0.717) is 24.4 Å². The zero-order valence-corrected chi connectivity index (χ0v) is 14.2. The highest BCUT2D eigenvalue weighted by Crippen LogP contribution is 2.19. The minimum Gasteiger partial charge on any atom is -0.376 e. The van der Waals surface area contributed by atoms with Crippen molar-refractivity contribution in [2.75, 3.05) is 44.6 Å². The van der Waals surface area contributed by atoms with Crippen LogP contribution < -0.4 is 5.32 Å². The quantitative estimate of drug-likeness (QED) is 0.913. The molecule has 2 fully saturated rings. The molecular formula is C18H26FN3O2. The molecular weight excluding hydrogens is 309 g/mol. The number of benzene rings is 1. The average molecular weight is 335 g/mol. The van der Waals surface area contributed by atoms with Crippen molar-refractivity contribution in [3.8, 4) is 0 Å². The first-order chi connectivity index (χ1) is 11.6. The van der Waals surface area contributed by atoms with Crippen molar-refractivity contribution >= 4 is 11.6 Å². The number of morpholine rings is 1. The molecule has 1 atom stereocenters. The van der Waals surface area contributed by atoms with Crippen molar-refractivity contribution in [3.63, 3.8) is 0 Å². The number of likely N-dealkylation sites (tertiary alicyclic amines) is 1. The van der Waals surface area contributed by atoms with Gasteiger partial charge >= 0.3 is 0 Å². The van der Waals surface area contributed by atoms with Gasteiger partial charge in [-0.3, -0.25) is 14.6 Å². The van der Waals surface area contributed by atoms with Gasteiger partial charge in [0.2, 0.25) is 5.91 Å². The molecule has 1 amide bonds. The number of piperidine rings is 1. The highest BCUT2D eigenvalue weighted by atomic mass is 19.1. The highest BCUT2D eigenvalue weighted by molar-refractivity contribution is 5.92. The van der Waals surface area contributed by atoms with E-state index < -0.39 is 0 Å². The summed E-state index contributed by atoms with van der Waals surface area (Å²) in [6.07, 6.45) is 2.51. The van der Waals surface area contributed by atoms with Crippen molar-refractivity contribution in [1.82, 2.24) is 9.80 Å². The summed E-state index contributed by atoms with van der Waals surface area (Å²) in [7, 11) is 0. The number of amides is 1. The Balaban J connectivity index is 1.41. The molecule has 0 spiro atoms. The summed E-state index contributed by atoms with van der Waals surface area (Å²) >= 11 is 0. The van der Waals surface area contributed by atoms with Gasteiger partial charge < -0.3 is 10.1 Å². The lowest BCUT2D eigenvalue weighted by Crippen LogP contribution is -2.51. The van der Waals surface area contributed by atoms with Crippen LogP contribution in [0, 0.1) is 5.82 Å². The molecule has 132 valence electrons. The number of anilines is 1. The second kappa shape index (κ2) is 8.05. The molecule has 0 saturated carbocycles. The van der Waals surface area contributed by atoms with Crippen LogP contribution in [0.25, 0.3) is 0 Å². The number of hydrogen-bond acceptors (Lipinski definition) is 4. The zero-order chi connectivity index (χ0) is 16.9. The predicted octanol–water partition coefficient (Wildman–Crippen LogP) is 1.95. The maximum Gasteiger partial charge on any atom is 0.238 e. The summed E-state index contributed by atoms with van der Waals surface area (Å²) in [5.74, 6) is -0.340. The lowest BCUT2D eigenvalue weighted by Gasteiger charge is -2.41. The number of halogens is 1. The molecule has 0 radical (unpaired) electrons. The minimum atomic E-state index is -0.299. The first kappa shape index (κ1) is 17.3. The molecule has 0 aromatic heterocycles. The number of nitrogens with one attached hydrogen (secondary N) is 1. The van der Waals surface area contributed by atoms with Crippen molar-refractivity contribution in [1.29, 1.82) is 0 Å². The summed E-state index contributed by atoms with van der Waals surface area (Å²) in [4.78, 5) is 16.8. The summed E-state index contributed by atoms with van der Waals surface area (Å²) in [6.45, 7) is 7.24. The number of carbonyl (C=O) groups is 1. The summed E-state index contributed by atoms with van der Waals surface area (Å²) in [6, 6.07) is 6.47. The van der Waals surface area contributed by atoms with Gasteiger partial charge in [-0.2, -0.15) is 0 Å². The van der Waals surface area contributed by atoms with Crippen LogP contribution in [0.1, 0.15) is 19.8 Å². The van der Waals surface area contributed by atoms with Crippen LogP contribution in [0.2, 0.25) is 0 Å².